The van der Waals surface area contributed by atoms with E-state index in [4.69, 9.17) is 9.47 Å². The molecule has 3 rings (SSSR count). The number of methoxy groups -OCH3 is 1. The van der Waals surface area contributed by atoms with Gasteiger partial charge in [0.05, 0.1) is 7.11 Å². The molecule has 0 bridgehead atoms. The van der Waals surface area contributed by atoms with Gasteiger partial charge in [0.25, 0.3) is 0 Å². The fourth-order valence-corrected chi connectivity index (χ4v) is 2.67. The van der Waals surface area contributed by atoms with E-state index in [1.807, 2.05) is 55.5 Å². The molecule has 20 heavy (non-hydrogen) atoms. The maximum Gasteiger partial charge on any atom is 0.317 e. The summed E-state index contributed by atoms with van der Waals surface area (Å²) in [6.07, 6.45) is -0.319. The van der Waals surface area contributed by atoms with Crippen LogP contribution in [0.3, 0.4) is 0 Å². The molecule has 0 spiro atoms. The van der Waals surface area contributed by atoms with Crippen LogP contribution in [0.5, 0.6) is 5.75 Å². The summed E-state index contributed by atoms with van der Waals surface area (Å²) in [7, 11) is 1.41. The van der Waals surface area contributed by atoms with Crippen LogP contribution in [0.4, 0.5) is 0 Å². The fourth-order valence-electron chi connectivity index (χ4n) is 2.67. The lowest BCUT2D eigenvalue weighted by Gasteiger charge is -2.17. The van der Waals surface area contributed by atoms with Crippen molar-refractivity contribution in [3.05, 3.63) is 65.2 Å². The van der Waals surface area contributed by atoms with E-state index >= 15 is 0 Å². The Bertz CT molecular complexity index is 634. The Labute approximate surface area is 118 Å². The number of aryl methyl sites for hydroxylation is 1. The molecule has 0 amide bonds. The molecular formula is C17H16O3. The van der Waals surface area contributed by atoms with Crippen molar-refractivity contribution in [3.8, 4) is 5.75 Å². The smallest absolute Gasteiger partial charge is 0.317 e. The zero-order valence-corrected chi connectivity index (χ0v) is 11.5. The van der Waals surface area contributed by atoms with Crippen LogP contribution in [-0.2, 0) is 9.53 Å². The average Bonchev–Trinajstić information content (AvgIpc) is 2.86. The van der Waals surface area contributed by atoms with Crippen LogP contribution in [0.2, 0.25) is 0 Å². The number of rotatable bonds is 2. The van der Waals surface area contributed by atoms with E-state index in [2.05, 4.69) is 0 Å². The zero-order valence-electron chi connectivity index (χ0n) is 11.5. The standard InChI is InChI=1S/C17H16O3/c1-11-8-9-14-13(10-11)15(17(18)19-2)16(20-14)12-6-4-3-5-7-12/h3-10,15-16H,1-2H3/t15-,16-/m0/s1. The Balaban J connectivity index is 2.07. The third-order valence-corrected chi connectivity index (χ3v) is 3.64. The Morgan fingerprint density at radius 2 is 1.90 bits per heavy atom. The summed E-state index contributed by atoms with van der Waals surface area (Å²) in [5, 5.41) is 0. The first-order chi connectivity index (χ1) is 9.70. The van der Waals surface area contributed by atoms with E-state index in [1.165, 1.54) is 7.11 Å². The molecule has 1 aliphatic heterocycles. The lowest BCUT2D eigenvalue weighted by Crippen LogP contribution is -2.20. The van der Waals surface area contributed by atoms with E-state index in [0.717, 1.165) is 22.4 Å². The molecule has 1 heterocycles. The van der Waals surface area contributed by atoms with Gasteiger partial charge in [-0.3, -0.25) is 4.79 Å². The predicted octanol–water partition coefficient (Wildman–Crippen LogP) is 3.39. The molecule has 0 unspecified atom stereocenters. The summed E-state index contributed by atoms with van der Waals surface area (Å²) in [5.74, 6) is 0.0976. The molecule has 3 heteroatoms. The molecule has 3 nitrogen and oxygen atoms in total. The minimum Gasteiger partial charge on any atom is -0.484 e. The minimum atomic E-state index is -0.405. The lowest BCUT2D eigenvalue weighted by atomic mass is 9.90. The zero-order chi connectivity index (χ0) is 14.1. The van der Waals surface area contributed by atoms with Gasteiger partial charge >= 0.3 is 5.97 Å². The molecule has 0 saturated heterocycles. The highest BCUT2D eigenvalue weighted by atomic mass is 16.5. The van der Waals surface area contributed by atoms with Crippen molar-refractivity contribution < 1.29 is 14.3 Å². The van der Waals surface area contributed by atoms with E-state index in [0.29, 0.717) is 0 Å². The summed E-state index contributed by atoms with van der Waals surface area (Å²) >= 11 is 0. The van der Waals surface area contributed by atoms with Crippen LogP contribution in [0.1, 0.15) is 28.7 Å². The summed E-state index contributed by atoms with van der Waals surface area (Å²) in [6.45, 7) is 2.00. The highest BCUT2D eigenvalue weighted by Crippen LogP contribution is 2.46. The molecular weight excluding hydrogens is 252 g/mol. The fraction of sp³-hybridized carbons (Fsp3) is 0.235. The van der Waals surface area contributed by atoms with Crippen molar-refractivity contribution in [2.75, 3.05) is 7.11 Å². The van der Waals surface area contributed by atoms with Crippen LogP contribution in [-0.4, -0.2) is 13.1 Å². The number of ether oxygens (including phenoxy) is 2. The van der Waals surface area contributed by atoms with Crippen LogP contribution >= 0.6 is 0 Å². The van der Waals surface area contributed by atoms with Crippen molar-refractivity contribution in [1.29, 1.82) is 0 Å². The van der Waals surface area contributed by atoms with Gasteiger partial charge in [0.15, 0.2) is 0 Å². The van der Waals surface area contributed by atoms with E-state index < -0.39 is 5.92 Å². The second kappa shape index (κ2) is 5.00. The number of fused-ring (bicyclic) bond motifs is 1. The Morgan fingerprint density at radius 3 is 2.60 bits per heavy atom. The Kier molecular flexibility index (Phi) is 3.18. The topological polar surface area (TPSA) is 35.5 Å². The Morgan fingerprint density at radius 1 is 1.15 bits per heavy atom. The highest BCUT2D eigenvalue weighted by Gasteiger charge is 2.41. The normalized spacial score (nSPS) is 20.1. The summed E-state index contributed by atoms with van der Waals surface area (Å²) in [5.41, 5.74) is 3.00. The third-order valence-electron chi connectivity index (χ3n) is 3.64. The quantitative estimate of drug-likeness (QED) is 0.783. The number of hydrogen-bond acceptors (Lipinski definition) is 3. The van der Waals surface area contributed by atoms with E-state index in [-0.39, 0.29) is 12.1 Å². The summed E-state index contributed by atoms with van der Waals surface area (Å²) in [6, 6.07) is 15.7. The summed E-state index contributed by atoms with van der Waals surface area (Å²) < 4.78 is 10.9. The number of hydrogen-bond donors (Lipinski definition) is 0. The molecule has 0 aliphatic carbocycles. The number of carbonyl (C=O) groups is 1. The van der Waals surface area contributed by atoms with Gasteiger partial charge in [-0.05, 0) is 18.6 Å². The molecule has 0 fully saturated rings. The highest BCUT2D eigenvalue weighted by molar-refractivity contribution is 5.81. The average molecular weight is 268 g/mol. The van der Waals surface area contributed by atoms with Gasteiger partial charge in [-0.1, -0.05) is 48.0 Å². The molecule has 0 aromatic heterocycles. The van der Waals surface area contributed by atoms with Crippen LogP contribution < -0.4 is 4.74 Å². The van der Waals surface area contributed by atoms with Crippen molar-refractivity contribution in [3.63, 3.8) is 0 Å². The van der Waals surface area contributed by atoms with Crippen LogP contribution in [0.15, 0.2) is 48.5 Å². The second-order valence-electron chi connectivity index (χ2n) is 4.99. The molecule has 2 aromatic rings. The van der Waals surface area contributed by atoms with Gasteiger partial charge in [-0.15, -0.1) is 0 Å². The van der Waals surface area contributed by atoms with Gasteiger partial charge in [0, 0.05) is 5.56 Å². The first kappa shape index (κ1) is 12.7. The van der Waals surface area contributed by atoms with Crippen molar-refractivity contribution in [2.24, 2.45) is 0 Å². The lowest BCUT2D eigenvalue weighted by molar-refractivity contribution is -0.144. The molecule has 0 radical (unpaired) electrons. The first-order valence-corrected chi connectivity index (χ1v) is 6.60. The number of esters is 1. The Hall–Kier alpha value is -2.29. The van der Waals surface area contributed by atoms with Gasteiger partial charge in [0.1, 0.15) is 17.8 Å². The molecule has 1 aliphatic rings. The number of benzene rings is 2. The maximum absolute atomic E-state index is 12.2. The monoisotopic (exact) mass is 268 g/mol. The number of carbonyl (C=O) groups excluding carboxylic acids is 1. The van der Waals surface area contributed by atoms with Gasteiger partial charge in [0.2, 0.25) is 0 Å². The third kappa shape index (κ3) is 2.05. The van der Waals surface area contributed by atoms with Gasteiger partial charge in [-0.2, -0.15) is 0 Å². The maximum atomic E-state index is 12.2. The molecule has 102 valence electrons. The molecule has 2 aromatic carbocycles. The first-order valence-electron chi connectivity index (χ1n) is 6.60. The minimum absolute atomic E-state index is 0.261. The van der Waals surface area contributed by atoms with Crippen LogP contribution in [0.25, 0.3) is 0 Å². The van der Waals surface area contributed by atoms with Crippen molar-refractivity contribution in [1.82, 2.24) is 0 Å². The van der Waals surface area contributed by atoms with Crippen LogP contribution in [0, 0.1) is 6.92 Å². The van der Waals surface area contributed by atoms with Gasteiger partial charge in [-0.25, -0.2) is 0 Å². The van der Waals surface area contributed by atoms with E-state index in [9.17, 15) is 4.79 Å². The largest absolute Gasteiger partial charge is 0.484 e. The van der Waals surface area contributed by atoms with Crippen molar-refractivity contribution >= 4 is 5.97 Å². The van der Waals surface area contributed by atoms with E-state index in [1.54, 1.807) is 0 Å². The van der Waals surface area contributed by atoms with Crippen molar-refractivity contribution in [2.45, 2.75) is 18.9 Å². The molecule has 0 N–H and O–H groups in total. The SMILES string of the molecule is COC(=O)[C@H]1c2cc(C)ccc2O[C@H]1c1ccccc1. The van der Waals surface area contributed by atoms with Gasteiger partial charge < -0.3 is 9.47 Å². The molecule has 2 atom stereocenters. The second-order valence-corrected chi connectivity index (χ2v) is 4.99. The summed E-state index contributed by atoms with van der Waals surface area (Å²) in [4.78, 5) is 12.2. The predicted molar refractivity (Wildman–Crippen MR) is 75.7 cm³/mol. The molecule has 0 saturated carbocycles.